The molecule has 0 radical (unpaired) electrons. The first-order chi connectivity index (χ1) is 23.7. The van der Waals surface area contributed by atoms with Crippen LogP contribution >= 0.6 is 0 Å². The lowest BCUT2D eigenvalue weighted by atomic mass is 9.89. The van der Waals surface area contributed by atoms with Crippen LogP contribution < -0.4 is 23.4 Å². The van der Waals surface area contributed by atoms with Gasteiger partial charge in [-0.3, -0.25) is 9.25 Å². The number of quaternary nitrogens is 1. The van der Waals surface area contributed by atoms with Gasteiger partial charge in [0.15, 0.2) is 5.69 Å². The maximum Gasteiger partial charge on any atom is 0.416 e. The second-order valence-electron chi connectivity index (χ2n) is 13.5. The maximum absolute atomic E-state index is 14.2. The molecule has 1 amide bonds. The van der Waals surface area contributed by atoms with Gasteiger partial charge in [0.05, 0.1) is 72.6 Å². The van der Waals surface area contributed by atoms with Crippen molar-refractivity contribution >= 4 is 11.7 Å². The van der Waals surface area contributed by atoms with Gasteiger partial charge in [-0.25, -0.2) is 23.7 Å². The van der Waals surface area contributed by atoms with Crippen LogP contribution in [0.15, 0.2) is 71.7 Å². The summed E-state index contributed by atoms with van der Waals surface area (Å²) in [5.74, 6) is 0. The Bertz CT molecular complexity index is 2150. The summed E-state index contributed by atoms with van der Waals surface area (Å²) in [6.45, 7) is 11.7. The van der Waals surface area contributed by atoms with Crippen molar-refractivity contribution in [2.45, 2.75) is 64.3 Å². The summed E-state index contributed by atoms with van der Waals surface area (Å²) < 4.78 is 47.5. The fourth-order valence-corrected chi connectivity index (χ4v) is 7.09. The number of hydrogen-bond donors (Lipinski definition) is 1. The van der Waals surface area contributed by atoms with Crippen LogP contribution in [0.4, 0.5) is 23.7 Å². The molecule has 268 valence electrons. The van der Waals surface area contributed by atoms with Crippen molar-refractivity contribution < 1.29 is 34.9 Å². The summed E-state index contributed by atoms with van der Waals surface area (Å²) in [6, 6.07) is 14.3. The third-order valence-electron chi connectivity index (χ3n) is 9.71. The van der Waals surface area contributed by atoms with Crippen LogP contribution in [0.1, 0.15) is 48.3 Å². The molecular weight excluding hydrogens is 683 g/mol. The number of imidazole rings is 1. The largest absolute Gasteiger partial charge is 1.00 e. The minimum absolute atomic E-state index is 0. The van der Waals surface area contributed by atoms with Crippen LogP contribution in [-0.4, -0.2) is 65.4 Å². The Morgan fingerprint density at radius 2 is 1.71 bits per heavy atom. The number of alkyl halides is 3. The molecule has 5 aromatic rings. The van der Waals surface area contributed by atoms with Crippen LogP contribution in [0.2, 0.25) is 0 Å². The van der Waals surface area contributed by atoms with Crippen LogP contribution in [0, 0.1) is 20.4 Å². The van der Waals surface area contributed by atoms with E-state index in [-0.39, 0.29) is 35.5 Å². The summed E-state index contributed by atoms with van der Waals surface area (Å²) in [5.41, 5.74) is 2.21. The molecule has 15 heteroatoms. The van der Waals surface area contributed by atoms with Gasteiger partial charge in [-0.05, 0) is 69.2 Å². The molecule has 0 bridgehead atoms. The SMILES string of the molecule is [C-]#[N+]c1ccc(-n2nccc2-c2c(C)n(-c3cccc(C(F)(F)F)c3)c(=O)n2C(=O)NC2CCC([N+](C)(C)Cc3cc(C)nn3C)CC2)cc1.[Cl-]. The van der Waals surface area contributed by atoms with Crippen molar-refractivity contribution in [2.24, 2.45) is 7.05 Å². The van der Waals surface area contributed by atoms with E-state index in [0.29, 0.717) is 36.0 Å². The van der Waals surface area contributed by atoms with Gasteiger partial charge in [-0.15, -0.1) is 0 Å². The molecule has 1 saturated carbocycles. The molecule has 1 aliphatic rings. The Hall–Kier alpha value is -5.13. The Balaban J connectivity index is 0.00000504. The highest BCUT2D eigenvalue weighted by atomic mass is 35.5. The Kier molecular flexibility index (Phi) is 10.4. The molecule has 0 atom stereocenters. The van der Waals surface area contributed by atoms with Crippen LogP contribution in [0.5, 0.6) is 0 Å². The normalized spacial score (nSPS) is 16.4. The van der Waals surface area contributed by atoms with Gasteiger partial charge >= 0.3 is 17.9 Å². The maximum atomic E-state index is 14.2. The summed E-state index contributed by atoms with van der Waals surface area (Å²) >= 11 is 0. The van der Waals surface area contributed by atoms with Crippen molar-refractivity contribution in [3.8, 4) is 22.8 Å². The predicted molar refractivity (Wildman–Crippen MR) is 182 cm³/mol. The summed E-state index contributed by atoms with van der Waals surface area (Å²) in [7, 11) is 6.36. The van der Waals surface area contributed by atoms with E-state index < -0.39 is 23.5 Å². The molecule has 0 spiro atoms. The molecule has 1 aliphatic carbocycles. The standard InChI is InChI=1S/C36H38F3N9O2.ClH/c1-23-20-30(44(4)43-23)22-48(5,6)31-16-12-27(13-17-31)42-34(49)46-33(32-18-19-41-47(32)28-14-10-26(40-3)11-15-28)24(2)45(35(46)50)29-9-7-8-25(21-29)36(37,38)39;/h7-11,14-15,18-21,27,31H,12-13,16-17,22H2,1-2,4-6H3;1H. The second kappa shape index (κ2) is 14.2. The zero-order valence-corrected chi connectivity index (χ0v) is 29.7. The van der Waals surface area contributed by atoms with Crippen molar-refractivity contribution in [3.63, 3.8) is 0 Å². The highest BCUT2D eigenvalue weighted by Crippen LogP contribution is 2.33. The molecule has 1 fully saturated rings. The second-order valence-corrected chi connectivity index (χ2v) is 13.5. The number of benzene rings is 2. The number of halogens is 4. The average Bonchev–Trinajstić information content (AvgIpc) is 3.75. The molecule has 1 N–H and O–H groups in total. The number of amides is 1. The Morgan fingerprint density at radius 3 is 2.31 bits per heavy atom. The number of carbonyl (C=O) groups is 1. The number of nitrogens with one attached hydrogen (secondary N) is 1. The van der Waals surface area contributed by atoms with Crippen molar-refractivity contribution in [2.75, 3.05) is 14.1 Å². The summed E-state index contributed by atoms with van der Waals surface area (Å²) in [4.78, 5) is 31.8. The first-order valence-corrected chi connectivity index (χ1v) is 16.4. The van der Waals surface area contributed by atoms with Crippen molar-refractivity contribution in [1.29, 1.82) is 0 Å². The smallest absolute Gasteiger partial charge is 0.416 e. The van der Waals surface area contributed by atoms with Gasteiger partial charge < -0.3 is 22.2 Å². The number of carbonyl (C=O) groups excluding carboxylic acids is 1. The number of nitrogens with zero attached hydrogens (tertiary/aromatic N) is 8. The predicted octanol–water partition coefficient (Wildman–Crippen LogP) is 3.56. The minimum atomic E-state index is -4.63. The zero-order valence-electron chi connectivity index (χ0n) is 28.9. The van der Waals surface area contributed by atoms with Crippen LogP contribution in [-0.2, 0) is 19.8 Å². The summed E-state index contributed by atoms with van der Waals surface area (Å²) in [6.07, 6.45) is -0.00591. The topological polar surface area (TPSA) is 96.0 Å². The van der Waals surface area contributed by atoms with E-state index in [1.807, 2.05) is 18.7 Å². The van der Waals surface area contributed by atoms with Gasteiger partial charge in [0.2, 0.25) is 0 Å². The van der Waals surface area contributed by atoms with Gasteiger partial charge in [-0.1, -0.05) is 18.2 Å². The van der Waals surface area contributed by atoms with Crippen molar-refractivity contribution in [1.82, 2.24) is 34.0 Å². The molecule has 6 rings (SSSR count). The Labute approximate surface area is 299 Å². The van der Waals surface area contributed by atoms with Crippen LogP contribution in [0.25, 0.3) is 27.6 Å². The molecule has 11 nitrogen and oxygen atoms in total. The van der Waals surface area contributed by atoms with Gasteiger partial charge in [0.25, 0.3) is 0 Å². The van der Waals surface area contributed by atoms with E-state index >= 15 is 0 Å². The Morgan fingerprint density at radius 1 is 1.02 bits per heavy atom. The lowest BCUT2D eigenvalue weighted by molar-refractivity contribution is -0.929. The molecule has 0 saturated heterocycles. The third-order valence-corrected chi connectivity index (χ3v) is 9.71. The first kappa shape index (κ1) is 37.1. The van der Waals surface area contributed by atoms with E-state index in [1.54, 1.807) is 37.3 Å². The van der Waals surface area contributed by atoms with Crippen LogP contribution in [0.3, 0.4) is 0 Å². The minimum Gasteiger partial charge on any atom is -1.00 e. The van der Waals surface area contributed by atoms with Crippen molar-refractivity contribution in [3.05, 3.63) is 111 Å². The quantitative estimate of drug-likeness (QED) is 0.206. The lowest BCUT2D eigenvalue weighted by Crippen LogP contribution is -3.00. The zero-order chi connectivity index (χ0) is 36.0. The molecule has 2 aromatic carbocycles. The van der Waals surface area contributed by atoms with Gasteiger partial charge in [0.1, 0.15) is 12.2 Å². The van der Waals surface area contributed by atoms with E-state index in [9.17, 15) is 22.8 Å². The number of aromatic nitrogens is 6. The molecule has 0 unspecified atom stereocenters. The molecular formula is C36H39ClF3N9O2. The molecule has 3 heterocycles. The average molecular weight is 722 g/mol. The first-order valence-electron chi connectivity index (χ1n) is 16.4. The highest BCUT2D eigenvalue weighted by Gasteiger charge is 2.36. The number of hydrogen-bond acceptors (Lipinski definition) is 4. The highest BCUT2D eigenvalue weighted by molar-refractivity contribution is 5.83. The van der Waals surface area contributed by atoms with Gasteiger partial charge in [0, 0.05) is 25.9 Å². The molecule has 0 aliphatic heterocycles. The van der Waals surface area contributed by atoms with E-state index in [1.165, 1.54) is 23.0 Å². The summed E-state index contributed by atoms with van der Waals surface area (Å²) in [5, 5.41) is 12.0. The van der Waals surface area contributed by atoms with Gasteiger partial charge in [-0.2, -0.15) is 23.4 Å². The lowest BCUT2D eigenvalue weighted by Gasteiger charge is -2.41. The molecule has 51 heavy (non-hydrogen) atoms. The fourth-order valence-electron chi connectivity index (χ4n) is 7.09. The monoisotopic (exact) mass is 721 g/mol. The van der Waals surface area contributed by atoms with E-state index in [0.717, 1.165) is 56.5 Å². The molecule has 3 aromatic heterocycles. The van der Waals surface area contributed by atoms with E-state index in [4.69, 9.17) is 6.57 Å². The number of rotatable bonds is 7. The van der Waals surface area contributed by atoms with E-state index in [2.05, 4.69) is 40.5 Å². The third kappa shape index (κ3) is 7.36. The number of aryl methyl sites for hydroxylation is 2. The fraction of sp³-hybridized carbons (Fsp3) is 0.361.